The van der Waals surface area contributed by atoms with Crippen LogP contribution < -0.4 is 15.4 Å². The maximum absolute atomic E-state index is 12.0. The molecule has 20 heavy (non-hydrogen) atoms. The van der Waals surface area contributed by atoms with E-state index < -0.39 is 10.0 Å². The predicted molar refractivity (Wildman–Crippen MR) is 81.3 cm³/mol. The zero-order valence-corrected chi connectivity index (χ0v) is 13.6. The minimum absolute atomic E-state index is 0.0279. The summed E-state index contributed by atoms with van der Waals surface area (Å²) in [5.41, 5.74) is 0.364. The number of hydrogen-bond acceptors (Lipinski definition) is 5. The van der Waals surface area contributed by atoms with Gasteiger partial charge in [-0.1, -0.05) is 0 Å². The normalized spacial score (nSPS) is 11.2. The molecule has 1 heterocycles. The first-order valence-electron chi connectivity index (χ1n) is 5.98. The van der Waals surface area contributed by atoms with Gasteiger partial charge in [0, 0.05) is 23.8 Å². The number of hydrogen-bond donors (Lipinski definition) is 3. The molecule has 1 amide bonds. The Bertz CT molecular complexity index is 577. The molecule has 0 aliphatic rings. The minimum Gasteiger partial charge on any atom is -0.370 e. The van der Waals surface area contributed by atoms with Crippen LogP contribution in [0.3, 0.4) is 0 Å². The van der Waals surface area contributed by atoms with Gasteiger partial charge < -0.3 is 10.6 Å². The molecule has 0 saturated heterocycles. The van der Waals surface area contributed by atoms with Crippen molar-refractivity contribution in [1.29, 1.82) is 0 Å². The van der Waals surface area contributed by atoms with E-state index in [0.29, 0.717) is 22.4 Å². The largest absolute Gasteiger partial charge is 0.370 e. The van der Waals surface area contributed by atoms with Gasteiger partial charge >= 0.3 is 0 Å². The van der Waals surface area contributed by atoms with Crippen molar-refractivity contribution < 1.29 is 13.2 Å². The Hall–Kier alpha value is -1.19. The summed E-state index contributed by atoms with van der Waals surface area (Å²) in [6.07, 6.45) is 1.58. The van der Waals surface area contributed by atoms with Crippen LogP contribution >= 0.6 is 15.9 Å². The van der Waals surface area contributed by atoms with Gasteiger partial charge in [0.2, 0.25) is 10.0 Å². The van der Waals surface area contributed by atoms with Gasteiger partial charge in [-0.3, -0.25) is 4.79 Å². The van der Waals surface area contributed by atoms with Crippen molar-refractivity contribution in [1.82, 2.24) is 15.0 Å². The molecular weight excluding hydrogens is 348 g/mol. The van der Waals surface area contributed by atoms with Gasteiger partial charge in [-0.05, 0) is 36.0 Å². The van der Waals surface area contributed by atoms with E-state index in [2.05, 4.69) is 36.3 Å². The van der Waals surface area contributed by atoms with E-state index in [9.17, 15) is 13.2 Å². The highest BCUT2D eigenvalue weighted by molar-refractivity contribution is 9.10. The van der Waals surface area contributed by atoms with Crippen LogP contribution in [0.5, 0.6) is 0 Å². The van der Waals surface area contributed by atoms with Crippen LogP contribution in [0.2, 0.25) is 0 Å². The fraction of sp³-hybridized carbons (Fsp3) is 0.455. The molecule has 1 rings (SSSR count). The van der Waals surface area contributed by atoms with E-state index in [0.717, 1.165) is 0 Å². The molecule has 0 fully saturated rings. The van der Waals surface area contributed by atoms with Crippen molar-refractivity contribution in [3.63, 3.8) is 0 Å². The Morgan fingerprint density at radius 1 is 1.45 bits per heavy atom. The second-order valence-electron chi connectivity index (χ2n) is 3.86. The number of rotatable bonds is 7. The van der Waals surface area contributed by atoms with Gasteiger partial charge in [0.15, 0.2) is 0 Å². The van der Waals surface area contributed by atoms with Crippen LogP contribution in [0.25, 0.3) is 0 Å². The number of sulfonamides is 1. The molecular formula is C11H17BrN4O3S. The number of anilines is 1. The van der Waals surface area contributed by atoms with Crippen LogP contribution in [0, 0.1) is 0 Å². The lowest BCUT2D eigenvalue weighted by atomic mass is 10.2. The smallest absolute Gasteiger partial charge is 0.255 e. The van der Waals surface area contributed by atoms with Crippen molar-refractivity contribution in [3.8, 4) is 0 Å². The highest BCUT2D eigenvalue weighted by Gasteiger charge is 2.14. The van der Waals surface area contributed by atoms with Crippen LogP contribution in [-0.2, 0) is 10.0 Å². The Balaban J connectivity index is 2.74. The first-order chi connectivity index (χ1) is 9.39. The number of nitrogens with zero attached hydrogens (tertiary/aromatic N) is 1. The first-order valence-corrected chi connectivity index (χ1v) is 8.43. The van der Waals surface area contributed by atoms with Crippen molar-refractivity contribution in [2.24, 2.45) is 0 Å². The van der Waals surface area contributed by atoms with Crippen molar-refractivity contribution in [2.45, 2.75) is 6.92 Å². The molecule has 0 aromatic carbocycles. The second kappa shape index (κ2) is 7.55. The van der Waals surface area contributed by atoms with Crippen molar-refractivity contribution in [2.75, 3.05) is 31.2 Å². The van der Waals surface area contributed by atoms with Gasteiger partial charge in [0.25, 0.3) is 5.91 Å². The number of nitrogens with one attached hydrogen (secondary N) is 3. The summed E-state index contributed by atoms with van der Waals surface area (Å²) in [5, 5.41) is 5.54. The van der Waals surface area contributed by atoms with E-state index in [4.69, 9.17) is 0 Å². The molecule has 9 heteroatoms. The lowest BCUT2D eigenvalue weighted by Crippen LogP contribution is -2.33. The van der Waals surface area contributed by atoms with Gasteiger partial charge in [-0.25, -0.2) is 18.1 Å². The Kier molecular flexibility index (Phi) is 6.37. The number of aromatic nitrogens is 1. The fourth-order valence-corrected chi connectivity index (χ4v) is 2.32. The van der Waals surface area contributed by atoms with E-state index in [1.165, 1.54) is 7.05 Å². The molecule has 3 N–H and O–H groups in total. The highest BCUT2D eigenvalue weighted by atomic mass is 79.9. The molecule has 0 unspecified atom stereocenters. The Morgan fingerprint density at radius 2 is 2.15 bits per heavy atom. The van der Waals surface area contributed by atoms with Gasteiger partial charge in [-0.2, -0.15) is 0 Å². The third-order valence-electron chi connectivity index (χ3n) is 2.41. The number of pyridine rings is 1. The monoisotopic (exact) mass is 364 g/mol. The van der Waals surface area contributed by atoms with Crippen molar-refractivity contribution in [3.05, 3.63) is 22.3 Å². The van der Waals surface area contributed by atoms with Gasteiger partial charge in [0.1, 0.15) is 5.82 Å². The summed E-state index contributed by atoms with van der Waals surface area (Å²) in [4.78, 5) is 16.2. The molecule has 0 aliphatic heterocycles. The molecule has 0 atom stereocenters. The first kappa shape index (κ1) is 16.9. The summed E-state index contributed by atoms with van der Waals surface area (Å²) in [6.45, 7) is 2.55. The molecule has 0 saturated carbocycles. The van der Waals surface area contributed by atoms with Crippen LogP contribution in [0.4, 0.5) is 5.82 Å². The molecule has 1 aromatic rings. The summed E-state index contributed by atoms with van der Waals surface area (Å²) >= 11 is 3.25. The van der Waals surface area contributed by atoms with Crippen LogP contribution in [0.1, 0.15) is 17.3 Å². The fourth-order valence-electron chi connectivity index (χ4n) is 1.42. The maximum Gasteiger partial charge on any atom is 0.255 e. The number of amides is 1. The van der Waals surface area contributed by atoms with Gasteiger partial charge in [-0.15, -0.1) is 0 Å². The maximum atomic E-state index is 12.0. The third-order valence-corrected chi connectivity index (χ3v) is 4.21. The van der Waals surface area contributed by atoms with Crippen LogP contribution in [0.15, 0.2) is 16.7 Å². The summed E-state index contributed by atoms with van der Waals surface area (Å²) in [7, 11) is -2.00. The standard InChI is InChI=1S/C11H17BrN4O3S/c1-3-14-10-9(6-8(12)7-16-10)11(17)15-4-5-20(18,19)13-2/h6-7,13H,3-5H2,1-2H3,(H,14,16)(H,15,17). The molecule has 1 aromatic heterocycles. The van der Waals surface area contributed by atoms with E-state index in [1.54, 1.807) is 12.3 Å². The quantitative estimate of drug-likeness (QED) is 0.656. The van der Waals surface area contributed by atoms with Crippen molar-refractivity contribution >= 4 is 37.7 Å². The van der Waals surface area contributed by atoms with Gasteiger partial charge in [0.05, 0.1) is 11.3 Å². The zero-order chi connectivity index (χ0) is 15.2. The Labute approximate surface area is 126 Å². The van der Waals surface area contributed by atoms with E-state index in [-0.39, 0.29) is 18.2 Å². The highest BCUT2D eigenvalue weighted by Crippen LogP contribution is 2.17. The number of carbonyl (C=O) groups excluding carboxylic acids is 1. The molecule has 7 nitrogen and oxygen atoms in total. The molecule has 0 radical (unpaired) electrons. The Morgan fingerprint density at radius 3 is 2.75 bits per heavy atom. The zero-order valence-electron chi connectivity index (χ0n) is 11.2. The minimum atomic E-state index is -3.33. The lowest BCUT2D eigenvalue weighted by Gasteiger charge is -2.10. The number of carbonyl (C=O) groups is 1. The average molecular weight is 365 g/mol. The lowest BCUT2D eigenvalue weighted by molar-refractivity contribution is 0.0956. The molecule has 112 valence electrons. The SMILES string of the molecule is CCNc1ncc(Br)cc1C(=O)NCCS(=O)(=O)NC. The van der Waals surface area contributed by atoms with E-state index in [1.807, 2.05) is 6.92 Å². The summed E-state index contributed by atoms with van der Waals surface area (Å²) in [5.74, 6) is -0.0848. The second-order valence-corrected chi connectivity index (χ2v) is 6.82. The third kappa shape index (κ3) is 5.06. The molecule has 0 spiro atoms. The molecule has 0 bridgehead atoms. The summed E-state index contributed by atoms with van der Waals surface area (Å²) < 4.78 is 25.4. The molecule has 0 aliphatic carbocycles. The number of halogens is 1. The predicted octanol–water partition coefficient (Wildman–Crippen LogP) is 0.555. The topological polar surface area (TPSA) is 100 Å². The summed E-state index contributed by atoms with van der Waals surface area (Å²) in [6, 6.07) is 1.63. The average Bonchev–Trinajstić information content (AvgIpc) is 2.40. The van der Waals surface area contributed by atoms with E-state index >= 15 is 0 Å². The van der Waals surface area contributed by atoms with Crippen LogP contribution in [-0.4, -0.2) is 45.2 Å².